The minimum Gasteiger partial charge on any atom is -0.386 e. The molecule has 0 aliphatic rings. The molecular formula is C48H66N3O4P. The number of nitriles is 3. The predicted octanol–water partition coefficient (Wildman–Crippen LogP) is 14.5. The summed E-state index contributed by atoms with van der Waals surface area (Å²) in [6.45, 7) is 6.51. The molecule has 0 fully saturated rings. The molecule has 0 aliphatic carbocycles. The number of aryl methyl sites for hydroxylation is 3. The molecule has 0 bridgehead atoms. The van der Waals surface area contributed by atoms with E-state index in [1.807, 2.05) is 54.6 Å². The highest BCUT2D eigenvalue weighted by molar-refractivity contribution is 7.49. The summed E-state index contributed by atoms with van der Waals surface area (Å²) in [5.74, 6) is 1.33. The van der Waals surface area contributed by atoms with E-state index in [1.54, 1.807) is 18.2 Å². The minimum atomic E-state index is -4.35. The predicted molar refractivity (Wildman–Crippen MR) is 227 cm³/mol. The van der Waals surface area contributed by atoms with Crippen LogP contribution in [0, 0.1) is 51.7 Å². The Bertz CT molecular complexity index is 1530. The lowest BCUT2D eigenvalue weighted by atomic mass is 9.95. The van der Waals surface area contributed by atoms with Crippen molar-refractivity contribution in [1.82, 2.24) is 0 Å². The Kier molecular flexibility index (Phi) is 22.6. The smallest absolute Gasteiger partial charge is 0.386 e. The molecule has 3 atom stereocenters. The molecule has 0 heterocycles. The van der Waals surface area contributed by atoms with Gasteiger partial charge in [0.2, 0.25) is 0 Å². The van der Waals surface area contributed by atoms with Gasteiger partial charge in [0.15, 0.2) is 0 Å². The lowest BCUT2D eigenvalue weighted by Crippen LogP contribution is -2.11. The lowest BCUT2D eigenvalue weighted by Gasteiger charge is -2.23. The third-order valence-corrected chi connectivity index (χ3v) is 11.8. The van der Waals surface area contributed by atoms with Crippen LogP contribution in [0.4, 0.5) is 0 Å². The average molecular weight is 780 g/mol. The van der Waals surface area contributed by atoms with Crippen molar-refractivity contribution in [3.63, 3.8) is 0 Å². The number of phosphoric ester groups is 1. The van der Waals surface area contributed by atoms with Gasteiger partial charge in [-0.25, -0.2) is 0 Å². The molecule has 0 saturated heterocycles. The standard InChI is InChI=1S/C48H66N3O4P/c1-4-7-10-22-40(37-49)25-19-31-43-28-13-16-34-46(43)53-56(52,54-47-35-17-14-29-44(47)32-20-26-41(38-50)23-11-8-5-2)55-48-36-18-15-30-45(48)33-21-27-42(39-51)24-12-9-6-3/h13-18,28-30,34-36,40-42H,4-12,19-27,31-33H2,1-3H3. The Morgan fingerprint density at radius 3 is 0.982 bits per heavy atom. The molecule has 0 radical (unpaired) electrons. The monoisotopic (exact) mass is 779 g/mol. The fourth-order valence-electron chi connectivity index (χ4n) is 7.17. The van der Waals surface area contributed by atoms with Crippen molar-refractivity contribution in [1.29, 1.82) is 15.8 Å². The lowest BCUT2D eigenvalue weighted by molar-refractivity contribution is 0.295. The number of para-hydroxylation sites is 3. The van der Waals surface area contributed by atoms with Crippen molar-refractivity contribution in [3.8, 4) is 35.5 Å². The topological polar surface area (TPSA) is 116 Å². The van der Waals surface area contributed by atoms with E-state index in [1.165, 1.54) is 0 Å². The van der Waals surface area contributed by atoms with Crippen molar-refractivity contribution in [3.05, 3.63) is 89.5 Å². The number of phosphoric acid groups is 1. The molecule has 56 heavy (non-hydrogen) atoms. The summed E-state index contributed by atoms with van der Waals surface area (Å²) in [6.07, 6.45) is 19.4. The summed E-state index contributed by atoms with van der Waals surface area (Å²) in [6, 6.07) is 30.2. The van der Waals surface area contributed by atoms with Gasteiger partial charge in [-0.3, -0.25) is 0 Å². The second-order valence-electron chi connectivity index (χ2n) is 15.2. The zero-order chi connectivity index (χ0) is 40.3. The van der Waals surface area contributed by atoms with Crippen LogP contribution in [-0.2, 0) is 23.8 Å². The largest absolute Gasteiger partial charge is 0.647 e. The third-order valence-electron chi connectivity index (χ3n) is 10.6. The van der Waals surface area contributed by atoms with Crippen LogP contribution in [0.25, 0.3) is 0 Å². The first-order valence-corrected chi connectivity index (χ1v) is 23.0. The van der Waals surface area contributed by atoms with Gasteiger partial charge in [0.1, 0.15) is 17.2 Å². The fraction of sp³-hybridized carbons (Fsp3) is 0.562. The van der Waals surface area contributed by atoms with E-state index in [0.29, 0.717) is 36.5 Å². The Labute approximate surface area is 339 Å². The van der Waals surface area contributed by atoms with Crippen LogP contribution >= 0.6 is 7.82 Å². The van der Waals surface area contributed by atoms with E-state index < -0.39 is 7.82 Å². The molecule has 0 N–H and O–H groups in total. The number of benzene rings is 3. The number of unbranched alkanes of at least 4 members (excludes halogenated alkanes) is 6. The highest BCUT2D eigenvalue weighted by atomic mass is 31.2. The van der Waals surface area contributed by atoms with Crippen molar-refractivity contribution in [2.24, 2.45) is 17.8 Å². The molecule has 3 aromatic carbocycles. The number of nitrogens with zero attached hydrogens (tertiary/aromatic N) is 3. The first-order chi connectivity index (χ1) is 27.4. The molecule has 3 rings (SSSR count). The van der Waals surface area contributed by atoms with Crippen molar-refractivity contribution in [2.45, 2.75) is 156 Å². The van der Waals surface area contributed by atoms with Crippen LogP contribution < -0.4 is 13.6 Å². The minimum absolute atomic E-state index is 0.0139. The van der Waals surface area contributed by atoms with E-state index in [0.717, 1.165) is 132 Å². The average Bonchev–Trinajstić information content (AvgIpc) is 3.21. The summed E-state index contributed by atoms with van der Waals surface area (Å²) < 4.78 is 34.3. The van der Waals surface area contributed by atoms with Gasteiger partial charge in [-0.1, -0.05) is 133 Å². The van der Waals surface area contributed by atoms with Gasteiger partial charge in [-0.05, 0) is 112 Å². The maximum Gasteiger partial charge on any atom is 0.647 e. The molecule has 0 aromatic heterocycles. The second-order valence-corrected chi connectivity index (χ2v) is 16.6. The van der Waals surface area contributed by atoms with Gasteiger partial charge in [-0.15, -0.1) is 0 Å². The van der Waals surface area contributed by atoms with Crippen molar-refractivity contribution in [2.75, 3.05) is 0 Å². The molecule has 3 unspecified atom stereocenters. The van der Waals surface area contributed by atoms with Crippen molar-refractivity contribution < 1.29 is 18.1 Å². The summed E-state index contributed by atoms with van der Waals surface area (Å²) >= 11 is 0. The third kappa shape index (κ3) is 17.3. The SMILES string of the molecule is CCCCCC(C#N)CCCc1ccccc1OP(=O)(Oc1ccccc1CCCC(C#N)CCCCC)Oc1ccccc1CCCC(C#N)CCCCC. The second kappa shape index (κ2) is 27.4. The number of rotatable bonds is 30. The van der Waals surface area contributed by atoms with E-state index in [4.69, 9.17) is 13.6 Å². The molecule has 0 amide bonds. The zero-order valence-corrected chi connectivity index (χ0v) is 35.3. The normalized spacial score (nSPS) is 13.6. The molecule has 0 spiro atoms. The van der Waals surface area contributed by atoms with E-state index in [-0.39, 0.29) is 17.8 Å². The van der Waals surface area contributed by atoms with Crippen LogP contribution in [0.3, 0.4) is 0 Å². The maximum absolute atomic E-state index is 15.1. The Balaban J connectivity index is 1.86. The van der Waals surface area contributed by atoms with E-state index >= 15 is 4.57 Å². The summed E-state index contributed by atoms with van der Waals surface area (Å²) in [5, 5.41) is 29.3. The molecule has 0 saturated carbocycles. The highest BCUT2D eigenvalue weighted by Gasteiger charge is 2.35. The van der Waals surface area contributed by atoms with Crippen LogP contribution in [0.15, 0.2) is 72.8 Å². The first kappa shape index (κ1) is 46.1. The quantitative estimate of drug-likeness (QED) is 0.0488. The van der Waals surface area contributed by atoms with Gasteiger partial charge < -0.3 is 13.6 Å². The van der Waals surface area contributed by atoms with Gasteiger partial charge in [0.25, 0.3) is 0 Å². The Hall–Kier alpha value is -4.24. The molecular weight excluding hydrogens is 714 g/mol. The van der Waals surface area contributed by atoms with Crippen LogP contribution in [-0.4, -0.2) is 0 Å². The van der Waals surface area contributed by atoms with Gasteiger partial charge >= 0.3 is 7.82 Å². The van der Waals surface area contributed by atoms with Crippen LogP contribution in [0.1, 0.15) is 153 Å². The van der Waals surface area contributed by atoms with Crippen LogP contribution in [0.5, 0.6) is 17.2 Å². The Morgan fingerprint density at radius 2 is 0.714 bits per heavy atom. The summed E-state index contributed by atoms with van der Waals surface area (Å²) in [7, 11) is -4.35. The zero-order valence-electron chi connectivity index (χ0n) is 34.4. The van der Waals surface area contributed by atoms with Gasteiger partial charge in [0.05, 0.1) is 18.2 Å². The van der Waals surface area contributed by atoms with Crippen LogP contribution in [0.2, 0.25) is 0 Å². The summed E-state index contributed by atoms with van der Waals surface area (Å²) in [5.41, 5.74) is 2.63. The summed E-state index contributed by atoms with van der Waals surface area (Å²) in [4.78, 5) is 0. The number of hydrogen-bond donors (Lipinski definition) is 0. The fourth-order valence-corrected chi connectivity index (χ4v) is 8.54. The molecule has 302 valence electrons. The molecule has 0 aliphatic heterocycles. The number of hydrogen-bond acceptors (Lipinski definition) is 7. The Morgan fingerprint density at radius 1 is 0.446 bits per heavy atom. The highest BCUT2D eigenvalue weighted by Crippen LogP contribution is 2.52. The molecule has 8 heteroatoms. The van der Waals surface area contributed by atoms with E-state index in [9.17, 15) is 15.8 Å². The molecule has 3 aromatic rings. The van der Waals surface area contributed by atoms with Crippen molar-refractivity contribution >= 4 is 7.82 Å². The molecule has 7 nitrogen and oxygen atoms in total. The van der Waals surface area contributed by atoms with E-state index in [2.05, 4.69) is 39.0 Å². The van der Waals surface area contributed by atoms with Gasteiger partial charge in [0, 0.05) is 17.8 Å². The maximum atomic E-state index is 15.1. The first-order valence-electron chi connectivity index (χ1n) is 21.5. The van der Waals surface area contributed by atoms with Gasteiger partial charge in [-0.2, -0.15) is 20.4 Å².